The topological polar surface area (TPSA) is 41.5 Å². The Morgan fingerprint density at radius 2 is 1.50 bits per heavy atom. The molecule has 1 rings (SSSR count). The van der Waals surface area contributed by atoms with Crippen LogP contribution in [0.4, 0.5) is 0 Å². The fourth-order valence-corrected chi connectivity index (χ4v) is 2.67. The molecule has 0 unspecified atom stereocenters. The third-order valence-corrected chi connectivity index (χ3v) is 4.39. The van der Waals surface area contributed by atoms with Gasteiger partial charge < -0.3 is 0 Å². The molecule has 0 aromatic heterocycles. The molecule has 24 heavy (non-hydrogen) atoms. The average Bonchev–Trinajstić information content (AvgIpc) is 2.62. The van der Waals surface area contributed by atoms with Crippen LogP contribution >= 0.6 is 0 Å². The Kier molecular flexibility index (Phi) is 10.8. The standard InChI is InChI=1S/C21H34N2O/c1-4-6-7-8-9-10-11-12-13-21(24)23-22-18(3)20-16-14-19(5-2)15-17-20/h14-17H,4-13H2,1-3H3,(H,23,24). The summed E-state index contributed by atoms with van der Waals surface area (Å²) in [6, 6.07) is 8.33. The first-order valence-corrected chi connectivity index (χ1v) is 9.59. The number of unbranched alkanes of at least 4 members (excludes halogenated alkanes) is 7. The van der Waals surface area contributed by atoms with E-state index >= 15 is 0 Å². The van der Waals surface area contributed by atoms with E-state index in [1.54, 1.807) is 0 Å². The summed E-state index contributed by atoms with van der Waals surface area (Å²) in [5.74, 6) is 0.0190. The minimum absolute atomic E-state index is 0.0190. The molecule has 0 atom stereocenters. The molecule has 0 aliphatic carbocycles. The highest BCUT2D eigenvalue weighted by Gasteiger charge is 2.02. The number of benzene rings is 1. The summed E-state index contributed by atoms with van der Waals surface area (Å²) in [5.41, 5.74) is 5.89. The molecule has 1 aromatic carbocycles. The minimum Gasteiger partial charge on any atom is -0.273 e. The van der Waals surface area contributed by atoms with Gasteiger partial charge in [-0.05, 0) is 30.9 Å². The van der Waals surface area contributed by atoms with Crippen LogP contribution in [0.5, 0.6) is 0 Å². The molecule has 0 bridgehead atoms. The number of hydrogen-bond acceptors (Lipinski definition) is 2. The summed E-state index contributed by atoms with van der Waals surface area (Å²) in [6.07, 6.45) is 11.6. The van der Waals surface area contributed by atoms with Gasteiger partial charge in [-0.2, -0.15) is 5.10 Å². The Balaban J connectivity index is 2.17. The minimum atomic E-state index is 0.0190. The number of carbonyl (C=O) groups is 1. The fourth-order valence-electron chi connectivity index (χ4n) is 2.67. The zero-order chi connectivity index (χ0) is 17.6. The Hall–Kier alpha value is -1.64. The van der Waals surface area contributed by atoms with Crippen molar-refractivity contribution in [2.45, 2.75) is 85.0 Å². The van der Waals surface area contributed by atoms with Crippen LogP contribution in [0.3, 0.4) is 0 Å². The monoisotopic (exact) mass is 330 g/mol. The zero-order valence-corrected chi connectivity index (χ0v) is 15.7. The van der Waals surface area contributed by atoms with Crippen LogP contribution < -0.4 is 5.43 Å². The van der Waals surface area contributed by atoms with Gasteiger partial charge in [-0.25, -0.2) is 5.43 Å². The van der Waals surface area contributed by atoms with E-state index in [1.807, 2.05) is 6.92 Å². The third-order valence-electron chi connectivity index (χ3n) is 4.39. The fraction of sp³-hybridized carbons (Fsp3) is 0.619. The second-order valence-corrected chi connectivity index (χ2v) is 6.51. The Bertz CT molecular complexity index is 491. The van der Waals surface area contributed by atoms with Crippen LogP contribution in [0.15, 0.2) is 29.4 Å². The van der Waals surface area contributed by atoms with Gasteiger partial charge in [0.2, 0.25) is 5.91 Å². The van der Waals surface area contributed by atoms with Gasteiger partial charge >= 0.3 is 0 Å². The van der Waals surface area contributed by atoms with E-state index in [0.717, 1.165) is 30.5 Å². The molecule has 0 heterocycles. The number of hydrazone groups is 1. The van der Waals surface area contributed by atoms with Gasteiger partial charge in [-0.1, -0.05) is 83.1 Å². The van der Waals surface area contributed by atoms with Gasteiger partial charge in [0.1, 0.15) is 0 Å². The number of amides is 1. The largest absolute Gasteiger partial charge is 0.273 e. The van der Waals surface area contributed by atoms with E-state index in [9.17, 15) is 4.79 Å². The molecule has 0 saturated carbocycles. The summed E-state index contributed by atoms with van der Waals surface area (Å²) >= 11 is 0. The van der Waals surface area contributed by atoms with Crippen LogP contribution in [0.25, 0.3) is 0 Å². The van der Waals surface area contributed by atoms with Crippen LogP contribution in [-0.4, -0.2) is 11.6 Å². The van der Waals surface area contributed by atoms with Crippen molar-refractivity contribution >= 4 is 11.6 Å². The normalized spacial score (nSPS) is 11.5. The van der Waals surface area contributed by atoms with Crippen molar-refractivity contribution in [2.75, 3.05) is 0 Å². The van der Waals surface area contributed by atoms with Crippen molar-refractivity contribution < 1.29 is 4.79 Å². The lowest BCUT2D eigenvalue weighted by molar-refractivity contribution is -0.121. The van der Waals surface area contributed by atoms with Crippen LogP contribution in [0.1, 0.15) is 89.7 Å². The van der Waals surface area contributed by atoms with Crippen LogP contribution in [-0.2, 0) is 11.2 Å². The molecule has 0 radical (unpaired) electrons. The van der Waals surface area contributed by atoms with E-state index in [-0.39, 0.29) is 5.91 Å². The summed E-state index contributed by atoms with van der Waals surface area (Å²) in [7, 11) is 0. The van der Waals surface area contributed by atoms with E-state index in [0.29, 0.717) is 6.42 Å². The third kappa shape index (κ3) is 8.85. The lowest BCUT2D eigenvalue weighted by Crippen LogP contribution is -2.18. The van der Waals surface area contributed by atoms with Gasteiger partial charge in [0.25, 0.3) is 0 Å². The summed E-state index contributed by atoms with van der Waals surface area (Å²) in [4.78, 5) is 11.8. The van der Waals surface area contributed by atoms with Gasteiger partial charge in [0, 0.05) is 6.42 Å². The highest BCUT2D eigenvalue weighted by molar-refractivity contribution is 5.99. The molecule has 0 aliphatic heterocycles. The van der Waals surface area contributed by atoms with E-state index < -0.39 is 0 Å². The predicted molar refractivity (Wildman–Crippen MR) is 103 cm³/mol. The molecule has 3 nitrogen and oxygen atoms in total. The van der Waals surface area contributed by atoms with Gasteiger partial charge in [-0.15, -0.1) is 0 Å². The second kappa shape index (κ2) is 12.7. The quantitative estimate of drug-likeness (QED) is 0.301. The van der Waals surface area contributed by atoms with Gasteiger partial charge in [-0.3, -0.25) is 4.79 Å². The zero-order valence-electron chi connectivity index (χ0n) is 15.7. The van der Waals surface area contributed by atoms with E-state index in [2.05, 4.69) is 48.6 Å². The number of nitrogens with one attached hydrogen (secondary N) is 1. The van der Waals surface area contributed by atoms with Crippen molar-refractivity contribution in [1.29, 1.82) is 0 Å². The molecule has 1 aromatic rings. The summed E-state index contributed by atoms with van der Waals surface area (Å²) in [5, 5.41) is 4.22. The molecule has 0 spiro atoms. The summed E-state index contributed by atoms with van der Waals surface area (Å²) < 4.78 is 0. The van der Waals surface area contributed by atoms with Gasteiger partial charge in [0.05, 0.1) is 5.71 Å². The number of aryl methyl sites for hydroxylation is 1. The molecule has 1 amide bonds. The first-order chi connectivity index (χ1) is 11.7. The first kappa shape index (κ1) is 20.4. The maximum absolute atomic E-state index is 11.8. The van der Waals surface area contributed by atoms with Gasteiger partial charge in [0.15, 0.2) is 0 Å². The molecule has 1 N–H and O–H groups in total. The molecule has 0 saturated heterocycles. The van der Waals surface area contributed by atoms with Crippen molar-refractivity contribution in [3.8, 4) is 0 Å². The number of carbonyl (C=O) groups excluding carboxylic acids is 1. The Morgan fingerprint density at radius 1 is 0.917 bits per heavy atom. The molecule has 0 fully saturated rings. The average molecular weight is 331 g/mol. The Labute approximate surface area is 147 Å². The van der Waals surface area contributed by atoms with Crippen molar-refractivity contribution in [3.63, 3.8) is 0 Å². The highest BCUT2D eigenvalue weighted by Crippen LogP contribution is 2.09. The number of hydrogen-bond donors (Lipinski definition) is 1. The van der Waals surface area contributed by atoms with Crippen LogP contribution in [0.2, 0.25) is 0 Å². The van der Waals surface area contributed by atoms with E-state index in [1.165, 1.54) is 44.1 Å². The molecular formula is C21H34N2O. The lowest BCUT2D eigenvalue weighted by atomic mass is 10.1. The number of rotatable bonds is 12. The number of nitrogens with zero attached hydrogens (tertiary/aromatic N) is 1. The first-order valence-electron chi connectivity index (χ1n) is 9.59. The SMILES string of the molecule is CCCCCCCCCCC(=O)NN=C(C)c1ccc(CC)cc1. The van der Waals surface area contributed by atoms with Crippen molar-refractivity contribution in [3.05, 3.63) is 35.4 Å². The highest BCUT2D eigenvalue weighted by atomic mass is 16.2. The molecular weight excluding hydrogens is 296 g/mol. The van der Waals surface area contributed by atoms with Crippen molar-refractivity contribution in [1.82, 2.24) is 5.43 Å². The molecule has 134 valence electrons. The maximum Gasteiger partial charge on any atom is 0.240 e. The lowest BCUT2D eigenvalue weighted by Gasteiger charge is -2.04. The predicted octanol–water partition coefficient (Wildman–Crippen LogP) is 5.62. The Morgan fingerprint density at radius 3 is 2.08 bits per heavy atom. The van der Waals surface area contributed by atoms with Crippen LogP contribution in [0, 0.1) is 0 Å². The smallest absolute Gasteiger partial charge is 0.240 e. The summed E-state index contributed by atoms with van der Waals surface area (Å²) in [6.45, 7) is 6.31. The molecule has 3 heteroatoms. The maximum atomic E-state index is 11.8. The molecule has 0 aliphatic rings. The van der Waals surface area contributed by atoms with Crippen molar-refractivity contribution in [2.24, 2.45) is 5.10 Å². The van der Waals surface area contributed by atoms with E-state index in [4.69, 9.17) is 0 Å². The second-order valence-electron chi connectivity index (χ2n) is 6.51.